The number of carbonyl (C=O) groups is 2. The minimum Gasteiger partial charge on any atom is -0.491 e. The Balaban J connectivity index is 1.18. The van der Waals surface area contributed by atoms with Crippen LogP contribution in [-0.4, -0.2) is 49.1 Å². The van der Waals surface area contributed by atoms with E-state index in [1.807, 2.05) is 29.2 Å². The van der Waals surface area contributed by atoms with E-state index in [2.05, 4.69) is 17.4 Å². The third-order valence-corrected chi connectivity index (χ3v) is 5.89. The maximum Gasteiger partial charge on any atom is 0.251 e. The third-order valence-electron chi connectivity index (χ3n) is 5.89. The minimum atomic E-state index is -0.151. The molecule has 1 fully saturated rings. The van der Waals surface area contributed by atoms with E-state index < -0.39 is 0 Å². The summed E-state index contributed by atoms with van der Waals surface area (Å²) in [5, 5.41) is 2.91. The van der Waals surface area contributed by atoms with Crippen molar-refractivity contribution < 1.29 is 19.1 Å². The summed E-state index contributed by atoms with van der Waals surface area (Å²) in [5.41, 5.74) is 3.13. The molecule has 1 saturated heterocycles. The van der Waals surface area contributed by atoms with Gasteiger partial charge in [0.25, 0.3) is 5.91 Å². The summed E-state index contributed by atoms with van der Waals surface area (Å²) in [6, 6.07) is 15.5. The summed E-state index contributed by atoms with van der Waals surface area (Å²) >= 11 is 0. The van der Waals surface area contributed by atoms with Crippen molar-refractivity contribution in [1.29, 1.82) is 0 Å². The highest BCUT2D eigenvalue weighted by Gasteiger charge is 2.20. The normalized spacial score (nSPS) is 17.8. The Morgan fingerprint density at radius 3 is 2.84 bits per heavy atom. The molecule has 2 amide bonds. The van der Waals surface area contributed by atoms with E-state index in [-0.39, 0.29) is 17.9 Å². The van der Waals surface area contributed by atoms with E-state index >= 15 is 0 Å². The van der Waals surface area contributed by atoms with Gasteiger partial charge in [-0.05, 0) is 55.0 Å². The Morgan fingerprint density at radius 1 is 1.13 bits per heavy atom. The Kier molecular flexibility index (Phi) is 7.20. The topological polar surface area (TPSA) is 67.9 Å². The van der Waals surface area contributed by atoms with Crippen molar-refractivity contribution in [3.8, 4) is 5.75 Å². The van der Waals surface area contributed by atoms with Gasteiger partial charge in [-0.3, -0.25) is 9.59 Å². The van der Waals surface area contributed by atoms with Crippen molar-refractivity contribution in [2.75, 3.05) is 26.3 Å². The Labute approximate surface area is 183 Å². The standard InChI is InChI=1S/C25H30N2O4/c28-24(27-14-12-19-6-1-2-7-21(19)17-27)11-4-13-26-25(29)20-8-3-9-22(16-20)31-18-23-10-5-15-30-23/h1-3,6-9,16,23H,4-5,10-15,17-18H2,(H,26,29). The average Bonchev–Trinajstić information content (AvgIpc) is 3.34. The second-order valence-corrected chi connectivity index (χ2v) is 8.17. The number of ether oxygens (including phenoxy) is 2. The zero-order valence-corrected chi connectivity index (χ0v) is 17.8. The van der Waals surface area contributed by atoms with Crippen LogP contribution in [0, 0.1) is 0 Å². The molecular formula is C25H30N2O4. The molecule has 2 heterocycles. The first-order valence-corrected chi connectivity index (χ1v) is 11.2. The number of fused-ring (bicyclic) bond motifs is 1. The lowest BCUT2D eigenvalue weighted by Gasteiger charge is -2.29. The highest BCUT2D eigenvalue weighted by atomic mass is 16.5. The lowest BCUT2D eigenvalue weighted by molar-refractivity contribution is -0.132. The number of benzene rings is 2. The first-order valence-electron chi connectivity index (χ1n) is 11.2. The van der Waals surface area contributed by atoms with Crippen LogP contribution in [0.25, 0.3) is 0 Å². The van der Waals surface area contributed by atoms with Crippen molar-refractivity contribution in [2.24, 2.45) is 0 Å². The average molecular weight is 423 g/mol. The number of nitrogens with one attached hydrogen (secondary N) is 1. The van der Waals surface area contributed by atoms with Crippen LogP contribution in [0.2, 0.25) is 0 Å². The number of rotatable bonds is 8. The molecule has 0 saturated carbocycles. The van der Waals surface area contributed by atoms with Crippen molar-refractivity contribution in [2.45, 2.75) is 44.8 Å². The third kappa shape index (κ3) is 5.85. The maximum absolute atomic E-state index is 12.5. The van der Waals surface area contributed by atoms with Gasteiger partial charge in [-0.1, -0.05) is 30.3 Å². The molecule has 4 rings (SSSR count). The molecule has 31 heavy (non-hydrogen) atoms. The van der Waals surface area contributed by atoms with Crippen molar-refractivity contribution in [3.63, 3.8) is 0 Å². The van der Waals surface area contributed by atoms with E-state index in [1.54, 1.807) is 12.1 Å². The summed E-state index contributed by atoms with van der Waals surface area (Å²) < 4.78 is 11.3. The maximum atomic E-state index is 12.5. The van der Waals surface area contributed by atoms with Crippen LogP contribution in [0.5, 0.6) is 5.75 Å². The van der Waals surface area contributed by atoms with Crippen LogP contribution in [0.1, 0.15) is 47.2 Å². The molecule has 6 nitrogen and oxygen atoms in total. The monoisotopic (exact) mass is 422 g/mol. The molecule has 2 aromatic rings. The number of nitrogens with zero attached hydrogens (tertiary/aromatic N) is 1. The molecule has 0 bridgehead atoms. The lowest BCUT2D eigenvalue weighted by atomic mass is 9.99. The first-order chi connectivity index (χ1) is 15.2. The molecule has 0 aromatic heterocycles. The van der Waals surface area contributed by atoms with Gasteiger partial charge in [0.1, 0.15) is 12.4 Å². The summed E-state index contributed by atoms with van der Waals surface area (Å²) in [6.45, 7) is 3.22. The zero-order chi connectivity index (χ0) is 21.5. The molecule has 0 radical (unpaired) electrons. The summed E-state index contributed by atoms with van der Waals surface area (Å²) in [7, 11) is 0. The lowest BCUT2D eigenvalue weighted by Crippen LogP contribution is -2.36. The predicted molar refractivity (Wildman–Crippen MR) is 118 cm³/mol. The summed E-state index contributed by atoms with van der Waals surface area (Å²) in [6.07, 6.45) is 4.20. The van der Waals surface area contributed by atoms with Gasteiger partial charge in [0.05, 0.1) is 6.10 Å². The Bertz CT molecular complexity index is 908. The fourth-order valence-electron chi connectivity index (χ4n) is 4.10. The van der Waals surface area contributed by atoms with E-state index in [1.165, 1.54) is 11.1 Å². The molecule has 0 aliphatic carbocycles. The van der Waals surface area contributed by atoms with E-state index in [4.69, 9.17) is 9.47 Å². The van der Waals surface area contributed by atoms with Gasteiger partial charge < -0.3 is 19.7 Å². The fourth-order valence-corrected chi connectivity index (χ4v) is 4.10. The van der Waals surface area contributed by atoms with Crippen LogP contribution < -0.4 is 10.1 Å². The van der Waals surface area contributed by atoms with Gasteiger partial charge in [-0.2, -0.15) is 0 Å². The van der Waals surface area contributed by atoms with Gasteiger partial charge in [0.15, 0.2) is 0 Å². The van der Waals surface area contributed by atoms with Gasteiger partial charge in [0.2, 0.25) is 5.91 Å². The largest absolute Gasteiger partial charge is 0.491 e. The quantitative estimate of drug-likeness (QED) is 0.663. The Hall–Kier alpha value is -2.86. The molecule has 1 N–H and O–H groups in total. The summed E-state index contributed by atoms with van der Waals surface area (Å²) in [4.78, 5) is 26.9. The number of hydrogen-bond acceptors (Lipinski definition) is 4. The molecule has 1 atom stereocenters. The van der Waals surface area contributed by atoms with Crippen LogP contribution in [0.4, 0.5) is 0 Å². The molecule has 164 valence electrons. The van der Waals surface area contributed by atoms with Crippen LogP contribution in [0.3, 0.4) is 0 Å². The van der Waals surface area contributed by atoms with Crippen molar-refractivity contribution in [3.05, 3.63) is 65.2 Å². The van der Waals surface area contributed by atoms with Gasteiger partial charge in [-0.25, -0.2) is 0 Å². The molecule has 6 heteroatoms. The van der Waals surface area contributed by atoms with E-state index in [9.17, 15) is 9.59 Å². The van der Waals surface area contributed by atoms with Crippen LogP contribution in [-0.2, 0) is 22.5 Å². The fraction of sp³-hybridized carbons (Fsp3) is 0.440. The predicted octanol–water partition coefficient (Wildman–Crippen LogP) is 3.34. The van der Waals surface area contributed by atoms with Crippen molar-refractivity contribution in [1.82, 2.24) is 10.2 Å². The molecule has 0 spiro atoms. The second-order valence-electron chi connectivity index (χ2n) is 8.17. The van der Waals surface area contributed by atoms with E-state index in [0.29, 0.717) is 43.9 Å². The van der Waals surface area contributed by atoms with Crippen LogP contribution in [0.15, 0.2) is 48.5 Å². The van der Waals surface area contributed by atoms with Gasteiger partial charge in [-0.15, -0.1) is 0 Å². The number of carbonyl (C=O) groups excluding carboxylic acids is 2. The highest BCUT2D eigenvalue weighted by Crippen LogP contribution is 2.20. The summed E-state index contributed by atoms with van der Waals surface area (Å²) in [5.74, 6) is 0.666. The zero-order valence-electron chi connectivity index (χ0n) is 17.8. The molecule has 2 aliphatic rings. The first kappa shape index (κ1) is 21.4. The second kappa shape index (κ2) is 10.4. The van der Waals surface area contributed by atoms with Crippen molar-refractivity contribution >= 4 is 11.8 Å². The minimum absolute atomic E-state index is 0.142. The highest BCUT2D eigenvalue weighted by molar-refractivity contribution is 5.94. The SMILES string of the molecule is O=C(NCCCC(=O)N1CCc2ccccc2C1)c1cccc(OCC2CCCO2)c1. The smallest absolute Gasteiger partial charge is 0.251 e. The molecule has 2 aromatic carbocycles. The number of hydrogen-bond donors (Lipinski definition) is 1. The van der Waals surface area contributed by atoms with Gasteiger partial charge in [0, 0.05) is 38.2 Å². The number of amides is 2. The van der Waals surface area contributed by atoms with Gasteiger partial charge >= 0.3 is 0 Å². The Morgan fingerprint density at radius 2 is 2.00 bits per heavy atom. The van der Waals surface area contributed by atoms with Crippen LogP contribution >= 0.6 is 0 Å². The molecule has 1 unspecified atom stereocenters. The van der Waals surface area contributed by atoms with E-state index in [0.717, 1.165) is 32.4 Å². The molecular weight excluding hydrogens is 392 g/mol. The molecule has 2 aliphatic heterocycles.